The number of aromatic nitrogens is 3. The van der Waals surface area contributed by atoms with E-state index in [2.05, 4.69) is 23.9 Å². The Morgan fingerprint density at radius 3 is 2.70 bits per heavy atom. The van der Waals surface area contributed by atoms with Gasteiger partial charge in [0.1, 0.15) is 12.2 Å². The lowest BCUT2D eigenvalue weighted by Crippen LogP contribution is -2.42. The van der Waals surface area contributed by atoms with Crippen molar-refractivity contribution in [2.75, 3.05) is 13.2 Å². The average molecular weight is 282 g/mol. The van der Waals surface area contributed by atoms with Crippen molar-refractivity contribution in [3.63, 3.8) is 0 Å². The first kappa shape index (κ1) is 16.6. The summed E-state index contributed by atoms with van der Waals surface area (Å²) in [5.41, 5.74) is 5.15. The summed E-state index contributed by atoms with van der Waals surface area (Å²) < 4.78 is 7.03. The van der Waals surface area contributed by atoms with Crippen LogP contribution in [-0.2, 0) is 22.5 Å². The maximum atomic E-state index is 12.2. The van der Waals surface area contributed by atoms with Gasteiger partial charge >= 0.3 is 5.97 Å². The summed E-state index contributed by atoms with van der Waals surface area (Å²) in [7, 11) is 0. The van der Waals surface area contributed by atoms with Crippen molar-refractivity contribution in [2.24, 2.45) is 17.1 Å². The molecule has 1 rings (SSSR count). The zero-order valence-electron chi connectivity index (χ0n) is 12.9. The third-order valence-electron chi connectivity index (χ3n) is 3.51. The molecule has 0 aromatic carbocycles. The second-order valence-corrected chi connectivity index (χ2v) is 5.49. The lowest BCUT2D eigenvalue weighted by molar-refractivity contribution is -0.155. The SMILES string of the molecule is CCOC(=O)C(CC)(CN)Cc1ncnn1CC(C)C. The Morgan fingerprint density at radius 1 is 1.50 bits per heavy atom. The smallest absolute Gasteiger partial charge is 0.313 e. The number of ether oxygens (including phenoxy) is 1. The third-order valence-corrected chi connectivity index (χ3v) is 3.51. The van der Waals surface area contributed by atoms with Crippen molar-refractivity contribution in [3.05, 3.63) is 12.2 Å². The van der Waals surface area contributed by atoms with Gasteiger partial charge < -0.3 is 10.5 Å². The van der Waals surface area contributed by atoms with Gasteiger partial charge in [0.25, 0.3) is 0 Å². The zero-order valence-corrected chi connectivity index (χ0v) is 12.9. The minimum atomic E-state index is -0.711. The van der Waals surface area contributed by atoms with Crippen molar-refractivity contribution in [1.29, 1.82) is 0 Å². The highest BCUT2D eigenvalue weighted by molar-refractivity contribution is 5.77. The topological polar surface area (TPSA) is 83.0 Å². The number of nitrogens with two attached hydrogens (primary N) is 1. The fourth-order valence-corrected chi connectivity index (χ4v) is 2.15. The summed E-state index contributed by atoms with van der Waals surface area (Å²) in [6.45, 7) is 9.38. The quantitative estimate of drug-likeness (QED) is 0.729. The Bertz CT molecular complexity index is 425. The standard InChI is InChI=1S/C14H26N4O2/c1-5-14(9-15,13(19)20-6-2)7-12-16-10-17-18(12)8-11(3)4/h10-11H,5-9,15H2,1-4H3. The van der Waals surface area contributed by atoms with Crippen LogP contribution in [0.25, 0.3) is 0 Å². The summed E-state index contributed by atoms with van der Waals surface area (Å²) in [6, 6.07) is 0. The molecule has 0 amide bonds. The predicted molar refractivity (Wildman–Crippen MR) is 77.0 cm³/mol. The molecular formula is C14H26N4O2. The molecule has 114 valence electrons. The highest BCUT2D eigenvalue weighted by Crippen LogP contribution is 2.27. The second kappa shape index (κ2) is 7.38. The Kier molecular flexibility index (Phi) is 6.13. The van der Waals surface area contributed by atoms with Gasteiger partial charge in [-0.3, -0.25) is 4.79 Å². The number of esters is 1. The molecule has 1 aromatic rings. The van der Waals surface area contributed by atoms with Gasteiger partial charge in [0.2, 0.25) is 0 Å². The maximum Gasteiger partial charge on any atom is 0.313 e. The van der Waals surface area contributed by atoms with Crippen molar-refractivity contribution in [3.8, 4) is 0 Å². The van der Waals surface area contributed by atoms with Crippen LogP contribution in [0.2, 0.25) is 0 Å². The van der Waals surface area contributed by atoms with E-state index in [9.17, 15) is 4.79 Å². The van der Waals surface area contributed by atoms with E-state index in [1.807, 2.05) is 11.6 Å². The van der Waals surface area contributed by atoms with Crippen molar-refractivity contribution in [2.45, 2.75) is 47.1 Å². The van der Waals surface area contributed by atoms with E-state index < -0.39 is 5.41 Å². The van der Waals surface area contributed by atoms with Crippen LogP contribution in [-0.4, -0.2) is 33.9 Å². The number of hydrogen-bond donors (Lipinski definition) is 1. The van der Waals surface area contributed by atoms with E-state index in [1.165, 1.54) is 6.33 Å². The van der Waals surface area contributed by atoms with Gasteiger partial charge in [-0.15, -0.1) is 0 Å². The van der Waals surface area contributed by atoms with E-state index in [4.69, 9.17) is 10.5 Å². The molecule has 1 heterocycles. The Morgan fingerprint density at radius 2 is 2.20 bits per heavy atom. The van der Waals surface area contributed by atoms with Crippen molar-refractivity contribution < 1.29 is 9.53 Å². The van der Waals surface area contributed by atoms with Gasteiger partial charge in [-0.25, -0.2) is 9.67 Å². The monoisotopic (exact) mass is 282 g/mol. The van der Waals surface area contributed by atoms with Crippen LogP contribution >= 0.6 is 0 Å². The Hall–Kier alpha value is -1.43. The lowest BCUT2D eigenvalue weighted by atomic mass is 9.81. The average Bonchev–Trinajstić information content (AvgIpc) is 2.82. The summed E-state index contributed by atoms with van der Waals surface area (Å²) in [5.74, 6) is 1.01. The second-order valence-electron chi connectivity index (χ2n) is 5.49. The van der Waals surface area contributed by atoms with Crippen LogP contribution < -0.4 is 5.73 Å². The van der Waals surface area contributed by atoms with Crippen LogP contribution in [0.15, 0.2) is 6.33 Å². The molecule has 6 nitrogen and oxygen atoms in total. The first-order valence-electron chi connectivity index (χ1n) is 7.23. The van der Waals surface area contributed by atoms with Crippen molar-refractivity contribution in [1.82, 2.24) is 14.8 Å². The maximum absolute atomic E-state index is 12.2. The van der Waals surface area contributed by atoms with E-state index in [0.29, 0.717) is 25.4 Å². The first-order chi connectivity index (χ1) is 9.49. The largest absolute Gasteiger partial charge is 0.466 e. The van der Waals surface area contributed by atoms with Crippen LogP contribution in [0.3, 0.4) is 0 Å². The van der Waals surface area contributed by atoms with Gasteiger partial charge in [0, 0.05) is 19.5 Å². The molecule has 2 N–H and O–H groups in total. The highest BCUT2D eigenvalue weighted by Gasteiger charge is 2.38. The molecule has 0 fully saturated rings. The number of nitrogens with zero attached hydrogens (tertiary/aromatic N) is 3. The van der Waals surface area contributed by atoms with E-state index in [-0.39, 0.29) is 12.5 Å². The summed E-state index contributed by atoms with van der Waals surface area (Å²) in [4.78, 5) is 16.5. The number of hydrogen-bond acceptors (Lipinski definition) is 5. The molecule has 0 aliphatic rings. The number of rotatable bonds is 8. The van der Waals surface area contributed by atoms with Gasteiger partial charge in [0.15, 0.2) is 0 Å². The molecule has 20 heavy (non-hydrogen) atoms. The summed E-state index contributed by atoms with van der Waals surface area (Å²) in [5, 5.41) is 4.23. The fourth-order valence-electron chi connectivity index (χ4n) is 2.15. The summed E-state index contributed by atoms with van der Waals surface area (Å²) >= 11 is 0. The van der Waals surface area contributed by atoms with Crippen LogP contribution in [0.5, 0.6) is 0 Å². The van der Waals surface area contributed by atoms with Crippen molar-refractivity contribution >= 4 is 5.97 Å². The zero-order chi connectivity index (χ0) is 15.2. The van der Waals surface area contributed by atoms with Gasteiger partial charge in [-0.2, -0.15) is 5.10 Å². The first-order valence-corrected chi connectivity index (χ1v) is 7.23. The highest BCUT2D eigenvalue weighted by atomic mass is 16.5. The molecule has 0 aliphatic heterocycles. The van der Waals surface area contributed by atoms with Gasteiger partial charge in [-0.05, 0) is 19.3 Å². The lowest BCUT2D eigenvalue weighted by Gasteiger charge is -2.28. The van der Waals surface area contributed by atoms with Gasteiger partial charge in [-0.1, -0.05) is 20.8 Å². The molecule has 0 bridgehead atoms. The van der Waals surface area contributed by atoms with Crippen LogP contribution in [0.1, 0.15) is 39.9 Å². The molecule has 0 saturated carbocycles. The van der Waals surface area contributed by atoms with Crippen LogP contribution in [0.4, 0.5) is 0 Å². The molecule has 1 unspecified atom stereocenters. The molecule has 0 spiro atoms. The normalized spacial score (nSPS) is 14.3. The minimum Gasteiger partial charge on any atom is -0.466 e. The molecule has 0 saturated heterocycles. The summed E-state index contributed by atoms with van der Waals surface area (Å²) in [6.07, 6.45) is 2.61. The molecule has 1 atom stereocenters. The molecule has 1 aromatic heterocycles. The third kappa shape index (κ3) is 3.79. The van der Waals surface area contributed by atoms with Gasteiger partial charge in [0.05, 0.1) is 12.0 Å². The predicted octanol–water partition coefficient (Wildman–Crippen LogP) is 1.39. The Labute approximate surface area is 120 Å². The van der Waals surface area contributed by atoms with E-state index in [0.717, 1.165) is 12.4 Å². The molecule has 0 aliphatic carbocycles. The fraction of sp³-hybridized carbons (Fsp3) is 0.786. The van der Waals surface area contributed by atoms with E-state index >= 15 is 0 Å². The molecular weight excluding hydrogens is 256 g/mol. The minimum absolute atomic E-state index is 0.246. The van der Waals surface area contributed by atoms with E-state index in [1.54, 1.807) is 6.92 Å². The Balaban J connectivity index is 2.96. The molecule has 6 heteroatoms. The molecule has 0 radical (unpaired) electrons. The van der Waals surface area contributed by atoms with Crippen LogP contribution in [0, 0.1) is 11.3 Å². The number of carbonyl (C=O) groups excluding carboxylic acids is 1. The number of carbonyl (C=O) groups is 1.